The molecule has 0 bridgehead atoms. The maximum absolute atomic E-state index is 6.21. The number of hydrazine groups is 1. The number of halogens is 1. The Morgan fingerprint density at radius 2 is 2.17 bits per heavy atom. The molecule has 3 N–H and O–H groups in total. The monoisotopic (exact) mass is 267 g/mol. The maximum Gasteiger partial charge on any atom is 0.0775 e. The first-order chi connectivity index (χ1) is 8.76. The number of nitrogens with one attached hydrogen (secondary N) is 1. The van der Waals surface area contributed by atoms with Crippen molar-refractivity contribution in [1.82, 2.24) is 10.4 Å². The molecule has 1 atom stereocenters. The quantitative estimate of drug-likeness (QED) is 0.649. The van der Waals surface area contributed by atoms with Crippen LogP contribution in [0, 0.1) is 11.8 Å². The normalized spacial score (nSPS) is 25.9. The number of nitrogens with zero attached hydrogens (tertiary/aromatic N) is 1. The van der Waals surface area contributed by atoms with Crippen LogP contribution in [0.15, 0.2) is 18.3 Å². The SMILES string of the molecule is CCC1CCC(C(NN)c2ncccc2Cl)CC1. The average molecular weight is 268 g/mol. The molecule has 1 unspecified atom stereocenters. The van der Waals surface area contributed by atoms with E-state index in [4.69, 9.17) is 17.4 Å². The fourth-order valence-corrected chi connectivity index (χ4v) is 3.23. The van der Waals surface area contributed by atoms with E-state index >= 15 is 0 Å². The number of pyridine rings is 1. The molecule has 18 heavy (non-hydrogen) atoms. The molecule has 0 aromatic carbocycles. The molecule has 0 radical (unpaired) electrons. The third-order valence-electron chi connectivity index (χ3n) is 4.20. The highest BCUT2D eigenvalue weighted by atomic mass is 35.5. The highest BCUT2D eigenvalue weighted by Crippen LogP contribution is 2.38. The highest BCUT2D eigenvalue weighted by molar-refractivity contribution is 6.31. The third kappa shape index (κ3) is 3.02. The van der Waals surface area contributed by atoms with Gasteiger partial charge in [-0.2, -0.15) is 0 Å². The Balaban J connectivity index is 2.08. The molecule has 0 spiro atoms. The Morgan fingerprint density at radius 1 is 1.44 bits per heavy atom. The van der Waals surface area contributed by atoms with E-state index in [0.717, 1.165) is 11.6 Å². The van der Waals surface area contributed by atoms with Crippen molar-refractivity contribution in [3.05, 3.63) is 29.0 Å². The van der Waals surface area contributed by atoms with Crippen LogP contribution in [0.3, 0.4) is 0 Å². The summed E-state index contributed by atoms with van der Waals surface area (Å²) in [4.78, 5) is 4.39. The second kappa shape index (κ2) is 6.50. The van der Waals surface area contributed by atoms with Gasteiger partial charge in [0.05, 0.1) is 16.8 Å². The summed E-state index contributed by atoms with van der Waals surface area (Å²) in [6, 6.07) is 3.82. The largest absolute Gasteiger partial charge is 0.271 e. The van der Waals surface area contributed by atoms with Gasteiger partial charge in [0.15, 0.2) is 0 Å². The average Bonchev–Trinajstić information content (AvgIpc) is 2.42. The van der Waals surface area contributed by atoms with Crippen LogP contribution in [0.25, 0.3) is 0 Å². The zero-order valence-electron chi connectivity index (χ0n) is 10.9. The number of hydrogen-bond acceptors (Lipinski definition) is 3. The molecular formula is C14H22ClN3. The number of nitrogens with two attached hydrogens (primary N) is 1. The summed E-state index contributed by atoms with van der Waals surface area (Å²) in [6.45, 7) is 2.28. The molecule has 4 heteroatoms. The van der Waals surface area contributed by atoms with Gasteiger partial charge in [0.25, 0.3) is 0 Å². The van der Waals surface area contributed by atoms with E-state index in [0.29, 0.717) is 10.9 Å². The van der Waals surface area contributed by atoms with Gasteiger partial charge in [0.2, 0.25) is 0 Å². The number of rotatable bonds is 4. The summed E-state index contributed by atoms with van der Waals surface area (Å²) in [5, 5.41) is 0.707. The molecule has 3 nitrogen and oxygen atoms in total. The minimum atomic E-state index is 0.0801. The van der Waals surface area contributed by atoms with Crippen LogP contribution in [0.5, 0.6) is 0 Å². The van der Waals surface area contributed by atoms with Crippen molar-refractivity contribution in [1.29, 1.82) is 0 Å². The van der Waals surface area contributed by atoms with E-state index in [2.05, 4.69) is 17.3 Å². The lowest BCUT2D eigenvalue weighted by molar-refractivity contribution is 0.217. The second-order valence-electron chi connectivity index (χ2n) is 5.20. The van der Waals surface area contributed by atoms with Crippen molar-refractivity contribution in [2.45, 2.75) is 45.1 Å². The van der Waals surface area contributed by atoms with E-state index in [-0.39, 0.29) is 6.04 Å². The van der Waals surface area contributed by atoms with Crippen LogP contribution in [0.1, 0.15) is 50.8 Å². The molecule has 1 aromatic heterocycles. The van der Waals surface area contributed by atoms with Gasteiger partial charge in [-0.3, -0.25) is 16.3 Å². The van der Waals surface area contributed by atoms with Crippen molar-refractivity contribution in [2.24, 2.45) is 17.7 Å². The molecule has 100 valence electrons. The molecule has 0 amide bonds. The Bertz CT molecular complexity index is 375. The Hall–Kier alpha value is -0.640. The van der Waals surface area contributed by atoms with Gasteiger partial charge in [-0.25, -0.2) is 0 Å². The van der Waals surface area contributed by atoms with E-state index < -0.39 is 0 Å². The van der Waals surface area contributed by atoms with Gasteiger partial charge >= 0.3 is 0 Å². The van der Waals surface area contributed by atoms with Crippen LogP contribution in [-0.2, 0) is 0 Å². The molecule has 1 aliphatic rings. The Kier molecular flexibility index (Phi) is 4.98. The first kappa shape index (κ1) is 13.8. The van der Waals surface area contributed by atoms with Crippen molar-refractivity contribution >= 4 is 11.6 Å². The predicted octanol–water partition coefficient (Wildman–Crippen LogP) is 3.46. The third-order valence-corrected chi connectivity index (χ3v) is 4.52. The number of aromatic nitrogens is 1. The minimum Gasteiger partial charge on any atom is -0.271 e. The second-order valence-corrected chi connectivity index (χ2v) is 5.61. The summed E-state index contributed by atoms with van der Waals surface area (Å²) in [5.41, 5.74) is 3.81. The molecule has 1 fully saturated rings. The smallest absolute Gasteiger partial charge is 0.0775 e. The van der Waals surface area contributed by atoms with Gasteiger partial charge in [-0.15, -0.1) is 0 Å². The lowest BCUT2D eigenvalue weighted by Crippen LogP contribution is -2.36. The standard InChI is InChI=1S/C14H22ClN3/c1-2-10-5-7-11(8-6-10)13(18-16)14-12(15)4-3-9-17-14/h3-4,9-11,13,18H,2,5-8,16H2,1H3. The topological polar surface area (TPSA) is 50.9 Å². The lowest BCUT2D eigenvalue weighted by Gasteiger charge is -2.33. The zero-order chi connectivity index (χ0) is 13.0. The van der Waals surface area contributed by atoms with Gasteiger partial charge in [0, 0.05) is 6.20 Å². The van der Waals surface area contributed by atoms with Crippen LogP contribution in [0.4, 0.5) is 0 Å². The molecule has 1 saturated carbocycles. The van der Waals surface area contributed by atoms with Crippen molar-refractivity contribution in [3.63, 3.8) is 0 Å². The van der Waals surface area contributed by atoms with Crippen LogP contribution in [-0.4, -0.2) is 4.98 Å². The predicted molar refractivity (Wildman–Crippen MR) is 75.1 cm³/mol. The van der Waals surface area contributed by atoms with Crippen LogP contribution >= 0.6 is 11.6 Å². The van der Waals surface area contributed by atoms with Crippen molar-refractivity contribution < 1.29 is 0 Å². The fraction of sp³-hybridized carbons (Fsp3) is 0.643. The summed E-state index contributed by atoms with van der Waals surface area (Å²) in [6.07, 6.45) is 8.08. The first-order valence-corrected chi connectivity index (χ1v) is 7.20. The van der Waals surface area contributed by atoms with E-state index in [1.807, 2.05) is 12.1 Å². The molecule has 2 rings (SSSR count). The van der Waals surface area contributed by atoms with Crippen molar-refractivity contribution in [2.75, 3.05) is 0 Å². The lowest BCUT2D eigenvalue weighted by atomic mass is 9.77. The summed E-state index contributed by atoms with van der Waals surface area (Å²) >= 11 is 6.21. The molecular weight excluding hydrogens is 246 g/mol. The van der Waals surface area contributed by atoms with Gasteiger partial charge in [-0.1, -0.05) is 37.8 Å². The van der Waals surface area contributed by atoms with Crippen LogP contribution in [0.2, 0.25) is 5.02 Å². The highest BCUT2D eigenvalue weighted by Gasteiger charge is 2.29. The molecule has 0 aliphatic heterocycles. The summed E-state index contributed by atoms with van der Waals surface area (Å²) in [7, 11) is 0. The Labute approximate surface area is 114 Å². The fourth-order valence-electron chi connectivity index (χ4n) is 2.99. The van der Waals surface area contributed by atoms with Gasteiger partial charge < -0.3 is 0 Å². The molecule has 1 aromatic rings. The zero-order valence-corrected chi connectivity index (χ0v) is 11.7. The summed E-state index contributed by atoms with van der Waals surface area (Å²) in [5.74, 6) is 7.16. The number of hydrogen-bond donors (Lipinski definition) is 2. The van der Waals surface area contributed by atoms with Gasteiger partial charge in [-0.05, 0) is 36.8 Å². The van der Waals surface area contributed by atoms with E-state index in [1.165, 1.54) is 32.1 Å². The molecule has 0 saturated heterocycles. The van der Waals surface area contributed by atoms with Crippen LogP contribution < -0.4 is 11.3 Å². The van der Waals surface area contributed by atoms with Gasteiger partial charge in [0.1, 0.15) is 0 Å². The minimum absolute atomic E-state index is 0.0801. The summed E-state index contributed by atoms with van der Waals surface area (Å²) < 4.78 is 0. The maximum atomic E-state index is 6.21. The molecule has 1 aliphatic carbocycles. The van der Waals surface area contributed by atoms with Crippen molar-refractivity contribution in [3.8, 4) is 0 Å². The molecule has 1 heterocycles. The first-order valence-electron chi connectivity index (χ1n) is 6.82. The van der Waals surface area contributed by atoms with E-state index in [1.54, 1.807) is 6.20 Å². The Morgan fingerprint density at radius 3 is 2.72 bits per heavy atom. The van der Waals surface area contributed by atoms with E-state index in [9.17, 15) is 0 Å².